The van der Waals surface area contributed by atoms with Crippen LogP contribution in [0.1, 0.15) is 51.2 Å². The Labute approximate surface area is 107 Å². The number of carbonyl (C=O) groups is 1. The molecule has 1 unspecified atom stereocenters. The van der Waals surface area contributed by atoms with Crippen LogP contribution in [0.3, 0.4) is 0 Å². The van der Waals surface area contributed by atoms with E-state index >= 15 is 0 Å². The summed E-state index contributed by atoms with van der Waals surface area (Å²) in [5, 5.41) is 13.8. The molecule has 18 heavy (non-hydrogen) atoms. The third kappa shape index (κ3) is 2.26. The molecule has 1 fully saturated rings. The van der Waals surface area contributed by atoms with Crippen LogP contribution in [0, 0.1) is 11.3 Å². The lowest BCUT2D eigenvalue weighted by molar-refractivity contribution is -0.150. The van der Waals surface area contributed by atoms with Crippen LogP contribution in [-0.2, 0) is 18.3 Å². The summed E-state index contributed by atoms with van der Waals surface area (Å²) in [6.07, 6.45) is 2.74. The Kier molecular flexibility index (Phi) is 3.17. The molecule has 1 aliphatic rings. The predicted octanol–water partition coefficient (Wildman–Crippen LogP) is 1.98. The highest BCUT2D eigenvalue weighted by Crippen LogP contribution is 2.38. The van der Waals surface area contributed by atoms with E-state index in [1.165, 1.54) is 0 Å². The van der Waals surface area contributed by atoms with Gasteiger partial charge in [0.2, 0.25) is 0 Å². The van der Waals surface area contributed by atoms with Crippen LogP contribution >= 0.6 is 0 Å². The Morgan fingerprint density at radius 3 is 2.61 bits per heavy atom. The fraction of sp³-hybridized carbons (Fsp3) is 0.769. The van der Waals surface area contributed by atoms with Gasteiger partial charge in [0.15, 0.2) is 5.82 Å². The molecule has 1 aromatic heterocycles. The van der Waals surface area contributed by atoms with Crippen LogP contribution in [0.25, 0.3) is 0 Å². The molecule has 1 N–H and O–H groups in total. The zero-order valence-electron chi connectivity index (χ0n) is 11.5. The molecule has 0 aromatic carbocycles. The molecule has 5 nitrogen and oxygen atoms in total. The molecule has 0 bridgehead atoms. The number of rotatable bonds is 5. The molecule has 2 rings (SSSR count). The maximum Gasteiger partial charge on any atom is 0.310 e. The average molecular weight is 251 g/mol. The standard InChI is InChI=1S/C13H21N3O2/c1-8(2)13(3,12(17)18)7-10-14-11(9-5-6-9)15-16(10)4/h8-9H,5-7H2,1-4H3,(H,17,18). The van der Waals surface area contributed by atoms with E-state index in [1.54, 1.807) is 11.6 Å². The van der Waals surface area contributed by atoms with E-state index in [-0.39, 0.29) is 5.92 Å². The van der Waals surface area contributed by atoms with E-state index in [9.17, 15) is 9.90 Å². The number of aryl methyl sites for hydroxylation is 1. The lowest BCUT2D eigenvalue weighted by Gasteiger charge is -2.28. The minimum absolute atomic E-state index is 0.0519. The van der Waals surface area contributed by atoms with Crippen LogP contribution in [0.5, 0.6) is 0 Å². The highest BCUT2D eigenvalue weighted by atomic mass is 16.4. The normalized spacial score (nSPS) is 18.9. The minimum atomic E-state index is -0.790. The van der Waals surface area contributed by atoms with Crippen LogP contribution in [0.4, 0.5) is 0 Å². The fourth-order valence-corrected chi connectivity index (χ4v) is 1.96. The average Bonchev–Trinajstić information content (AvgIpc) is 3.05. The Bertz CT molecular complexity index is 463. The van der Waals surface area contributed by atoms with Gasteiger partial charge in [0.05, 0.1) is 5.41 Å². The zero-order chi connectivity index (χ0) is 13.5. The number of carboxylic acid groups (broad SMARTS) is 1. The lowest BCUT2D eigenvalue weighted by Crippen LogP contribution is -2.36. The summed E-state index contributed by atoms with van der Waals surface area (Å²) in [4.78, 5) is 16.0. The van der Waals surface area contributed by atoms with Gasteiger partial charge in [0.1, 0.15) is 5.82 Å². The molecule has 0 amide bonds. The second-order valence-corrected chi connectivity index (χ2v) is 5.84. The van der Waals surface area contributed by atoms with Crippen LogP contribution in [0.15, 0.2) is 0 Å². The maximum absolute atomic E-state index is 11.5. The highest BCUT2D eigenvalue weighted by Gasteiger charge is 2.39. The second kappa shape index (κ2) is 4.37. The molecule has 0 aliphatic heterocycles. The Balaban J connectivity index is 2.23. The Morgan fingerprint density at radius 2 is 2.17 bits per heavy atom. The first-order valence-electron chi connectivity index (χ1n) is 6.48. The molecule has 1 atom stereocenters. The molecule has 1 heterocycles. The monoisotopic (exact) mass is 251 g/mol. The summed E-state index contributed by atoms with van der Waals surface area (Å²) < 4.78 is 1.73. The van der Waals surface area contributed by atoms with Crippen molar-refractivity contribution in [3.8, 4) is 0 Å². The van der Waals surface area contributed by atoms with Gasteiger partial charge in [-0.1, -0.05) is 13.8 Å². The van der Waals surface area contributed by atoms with Crippen molar-refractivity contribution in [1.29, 1.82) is 0 Å². The van der Waals surface area contributed by atoms with Crippen LogP contribution < -0.4 is 0 Å². The minimum Gasteiger partial charge on any atom is -0.481 e. The van der Waals surface area contributed by atoms with Crippen LogP contribution in [-0.4, -0.2) is 25.8 Å². The molecule has 1 saturated carbocycles. The van der Waals surface area contributed by atoms with E-state index in [2.05, 4.69) is 10.1 Å². The molecule has 1 aromatic rings. The van der Waals surface area contributed by atoms with Crippen molar-refractivity contribution >= 4 is 5.97 Å². The van der Waals surface area contributed by atoms with Gasteiger partial charge in [-0.25, -0.2) is 4.98 Å². The first-order chi connectivity index (χ1) is 8.34. The van der Waals surface area contributed by atoms with E-state index in [4.69, 9.17) is 0 Å². The number of hydrogen-bond donors (Lipinski definition) is 1. The summed E-state index contributed by atoms with van der Waals surface area (Å²) in [7, 11) is 1.84. The van der Waals surface area contributed by atoms with Gasteiger partial charge in [0.25, 0.3) is 0 Å². The molecule has 0 saturated heterocycles. The van der Waals surface area contributed by atoms with Crippen molar-refractivity contribution in [1.82, 2.24) is 14.8 Å². The Morgan fingerprint density at radius 1 is 1.56 bits per heavy atom. The predicted molar refractivity (Wildman–Crippen MR) is 67.3 cm³/mol. The van der Waals surface area contributed by atoms with Crippen molar-refractivity contribution in [2.45, 2.75) is 46.0 Å². The van der Waals surface area contributed by atoms with Crippen molar-refractivity contribution in [3.63, 3.8) is 0 Å². The summed E-state index contributed by atoms with van der Waals surface area (Å²) >= 11 is 0. The van der Waals surface area contributed by atoms with Crippen LogP contribution in [0.2, 0.25) is 0 Å². The largest absolute Gasteiger partial charge is 0.481 e. The molecular weight excluding hydrogens is 230 g/mol. The number of aromatic nitrogens is 3. The van der Waals surface area contributed by atoms with Crippen molar-refractivity contribution in [2.24, 2.45) is 18.4 Å². The van der Waals surface area contributed by atoms with E-state index in [1.807, 2.05) is 20.9 Å². The molecular formula is C13H21N3O2. The topological polar surface area (TPSA) is 68.0 Å². The van der Waals surface area contributed by atoms with Gasteiger partial charge in [-0.2, -0.15) is 5.10 Å². The molecule has 0 spiro atoms. The van der Waals surface area contributed by atoms with E-state index < -0.39 is 11.4 Å². The van der Waals surface area contributed by atoms with Crippen molar-refractivity contribution in [3.05, 3.63) is 11.6 Å². The van der Waals surface area contributed by atoms with Gasteiger partial charge >= 0.3 is 5.97 Å². The third-order valence-corrected chi connectivity index (χ3v) is 4.10. The second-order valence-electron chi connectivity index (χ2n) is 5.84. The molecule has 0 radical (unpaired) electrons. The quantitative estimate of drug-likeness (QED) is 0.869. The smallest absolute Gasteiger partial charge is 0.310 e. The summed E-state index contributed by atoms with van der Waals surface area (Å²) in [5.74, 6) is 1.43. The molecule has 1 aliphatic carbocycles. The highest BCUT2D eigenvalue weighted by molar-refractivity contribution is 5.74. The van der Waals surface area contributed by atoms with Gasteiger partial charge < -0.3 is 5.11 Å². The molecule has 100 valence electrons. The van der Waals surface area contributed by atoms with E-state index in [0.29, 0.717) is 12.3 Å². The number of aliphatic carboxylic acids is 1. The Hall–Kier alpha value is -1.39. The molecule has 5 heteroatoms. The summed E-state index contributed by atoms with van der Waals surface area (Å²) in [6.45, 7) is 5.66. The zero-order valence-corrected chi connectivity index (χ0v) is 11.5. The third-order valence-electron chi connectivity index (χ3n) is 4.10. The fourth-order valence-electron chi connectivity index (χ4n) is 1.96. The van der Waals surface area contributed by atoms with Crippen molar-refractivity contribution in [2.75, 3.05) is 0 Å². The number of nitrogens with zero attached hydrogens (tertiary/aromatic N) is 3. The summed E-state index contributed by atoms with van der Waals surface area (Å²) in [6, 6.07) is 0. The number of carboxylic acids is 1. The van der Waals surface area contributed by atoms with E-state index in [0.717, 1.165) is 24.5 Å². The SMILES string of the molecule is CC(C)C(C)(Cc1nc(C2CC2)nn1C)C(=O)O. The first kappa shape index (κ1) is 13.1. The van der Waals surface area contributed by atoms with Gasteiger partial charge in [-0.3, -0.25) is 9.48 Å². The maximum atomic E-state index is 11.5. The van der Waals surface area contributed by atoms with Crippen molar-refractivity contribution < 1.29 is 9.90 Å². The van der Waals surface area contributed by atoms with Gasteiger partial charge in [-0.05, 0) is 25.7 Å². The van der Waals surface area contributed by atoms with Gasteiger partial charge in [0, 0.05) is 19.4 Å². The summed E-state index contributed by atoms with van der Waals surface area (Å²) in [5.41, 5.74) is -0.790. The lowest BCUT2D eigenvalue weighted by atomic mass is 9.76. The van der Waals surface area contributed by atoms with Gasteiger partial charge in [-0.15, -0.1) is 0 Å². The first-order valence-corrected chi connectivity index (χ1v) is 6.48. The number of hydrogen-bond acceptors (Lipinski definition) is 3.